The van der Waals surface area contributed by atoms with Crippen molar-refractivity contribution < 1.29 is 18.0 Å². The summed E-state index contributed by atoms with van der Waals surface area (Å²) in [6, 6.07) is 4.33. The van der Waals surface area contributed by atoms with Gasteiger partial charge < -0.3 is 4.90 Å². The standard InChI is InChI=1S/C19H16Cl2F3N3O2/c1-11-14(19(22,23)24)10-25-27(17(11)28)13-4-5-15(20)12(8-13)9-16(21)18(29)26-6-2-3-7-26/h4-5,8-10H,2-3,6-7H2,1H3. The minimum absolute atomic E-state index is 0.0464. The van der Waals surface area contributed by atoms with Gasteiger partial charge >= 0.3 is 6.18 Å². The molecule has 1 amide bonds. The number of amides is 1. The minimum Gasteiger partial charge on any atom is -0.338 e. The van der Waals surface area contributed by atoms with Gasteiger partial charge in [0.25, 0.3) is 11.5 Å². The van der Waals surface area contributed by atoms with Crippen LogP contribution in [0.15, 0.2) is 34.2 Å². The van der Waals surface area contributed by atoms with E-state index in [0.717, 1.165) is 24.4 Å². The summed E-state index contributed by atoms with van der Waals surface area (Å²) in [4.78, 5) is 26.4. The van der Waals surface area contributed by atoms with Gasteiger partial charge in [0.2, 0.25) is 0 Å². The molecular weight excluding hydrogens is 430 g/mol. The van der Waals surface area contributed by atoms with E-state index in [2.05, 4.69) is 5.10 Å². The summed E-state index contributed by atoms with van der Waals surface area (Å²) in [5.41, 5.74) is -1.93. The Morgan fingerprint density at radius 1 is 1.24 bits per heavy atom. The van der Waals surface area contributed by atoms with Gasteiger partial charge in [-0.1, -0.05) is 23.2 Å². The van der Waals surface area contributed by atoms with E-state index < -0.39 is 22.9 Å². The molecule has 5 nitrogen and oxygen atoms in total. The van der Waals surface area contributed by atoms with Gasteiger partial charge in [-0.05, 0) is 49.6 Å². The molecule has 0 saturated carbocycles. The smallest absolute Gasteiger partial charge is 0.338 e. The van der Waals surface area contributed by atoms with E-state index in [9.17, 15) is 22.8 Å². The average molecular weight is 446 g/mol. The normalized spacial score (nSPS) is 15.1. The van der Waals surface area contributed by atoms with Gasteiger partial charge in [-0.25, -0.2) is 0 Å². The first-order valence-electron chi connectivity index (χ1n) is 8.72. The molecule has 1 aliphatic heterocycles. The maximum absolute atomic E-state index is 13.0. The first-order valence-corrected chi connectivity index (χ1v) is 9.47. The molecular formula is C19H16Cl2F3N3O2. The SMILES string of the molecule is Cc1c(C(F)(F)F)cnn(-c2ccc(Cl)c(C=C(Cl)C(=O)N3CCCC3)c2)c1=O. The highest BCUT2D eigenvalue weighted by atomic mass is 35.5. The first kappa shape index (κ1) is 21.4. The Hall–Kier alpha value is -2.32. The number of rotatable bonds is 3. The van der Waals surface area contributed by atoms with E-state index in [1.165, 1.54) is 24.3 Å². The maximum atomic E-state index is 13.0. The summed E-state index contributed by atoms with van der Waals surface area (Å²) in [6.45, 7) is 2.34. The molecule has 154 valence electrons. The molecule has 1 fully saturated rings. The van der Waals surface area contributed by atoms with Gasteiger partial charge in [0.1, 0.15) is 5.03 Å². The second-order valence-electron chi connectivity index (χ2n) is 6.60. The first-order chi connectivity index (χ1) is 13.6. The Balaban J connectivity index is 2.00. The summed E-state index contributed by atoms with van der Waals surface area (Å²) in [5.74, 6) is -0.327. The predicted molar refractivity (Wildman–Crippen MR) is 104 cm³/mol. The lowest BCUT2D eigenvalue weighted by Gasteiger charge is -2.15. The molecule has 0 atom stereocenters. The number of carbonyl (C=O) groups is 1. The van der Waals surface area contributed by atoms with Crippen molar-refractivity contribution in [1.29, 1.82) is 0 Å². The van der Waals surface area contributed by atoms with Crippen LogP contribution in [0.4, 0.5) is 13.2 Å². The number of likely N-dealkylation sites (tertiary alicyclic amines) is 1. The molecule has 29 heavy (non-hydrogen) atoms. The summed E-state index contributed by atoms with van der Waals surface area (Å²) < 4.78 is 39.7. The molecule has 0 radical (unpaired) electrons. The lowest BCUT2D eigenvalue weighted by atomic mass is 10.1. The largest absolute Gasteiger partial charge is 0.418 e. The Kier molecular flexibility index (Phi) is 6.05. The van der Waals surface area contributed by atoms with Crippen LogP contribution >= 0.6 is 23.2 Å². The number of hydrogen-bond acceptors (Lipinski definition) is 3. The molecule has 2 aromatic rings. The molecule has 0 bridgehead atoms. The zero-order valence-electron chi connectivity index (χ0n) is 15.3. The Morgan fingerprint density at radius 3 is 2.52 bits per heavy atom. The fraction of sp³-hybridized carbons (Fsp3) is 0.316. The van der Waals surface area contributed by atoms with Gasteiger partial charge in [0, 0.05) is 23.7 Å². The minimum atomic E-state index is -4.67. The van der Waals surface area contributed by atoms with Gasteiger partial charge in [-0.2, -0.15) is 23.0 Å². The topological polar surface area (TPSA) is 55.2 Å². The van der Waals surface area contributed by atoms with Gasteiger partial charge in [-0.15, -0.1) is 0 Å². The van der Waals surface area contributed by atoms with Crippen molar-refractivity contribution in [3.8, 4) is 5.69 Å². The van der Waals surface area contributed by atoms with Gasteiger partial charge in [0.15, 0.2) is 0 Å². The average Bonchev–Trinajstić information content (AvgIpc) is 3.19. The van der Waals surface area contributed by atoms with E-state index in [1.54, 1.807) is 4.90 Å². The number of halogens is 5. The van der Waals surface area contributed by atoms with E-state index in [4.69, 9.17) is 23.2 Å². The third-order valence-corrected chi connectivity index (χ3v) is 5.24. The lowest BCUT2D eigenvalue weighted by molar-refractivity contribution is -0.138. The second-order valence-corrected chi connectivity index (χ2v) is 7.41. The van der Waals surface area contributed by atoms with Crippen molar-refractivity contribution in [3.05, 3.63) is 61.5 Å². The molecule has 0 aliphatic carbocycles. The lowest BCUT2D eigenvalue weighted by Crippen LogP contribution is -2.27. The van der Waals surface area contributed by atoms with Crippen molar-refractivity contribution in [2.45, 2.75) is 25.9 Å². The predicted octanol–water partition coefficient (Wildman–Crippen LogP) is 4.42. The molecule has 1 aromatic carbocycles. The number of nitrogens with zero attached hydrogens (tertiary/aromatic N) is 3. The van der Waals surface area contributed by atoms with Crippen LogP contribution in [0.25, 0.3) is 11.8 Å². The zero-order valence-corrected chi connectivity index (χ0v) is 16.8. The molecule has 0 N–H and O–H groups in total. The van der Waals surface area contributed by atoms with E-state index in [1.807, 2.05) is 0 Å². The van der Waals surface area contributed by atoms with E-state index in [-0.39, 0.29) is 21.6 Å². The quantitative estimate of drug-likeness (QED) is 0.657. The number of aromatic nitrogens is 2. The molecule has 3 rings (SSSR count). The Morgan fingerprint density at radius 2 is 1.90 bits per heavy atom. The fourth-order valence-electron chi connectivity index (χ4n) is 3.05. The van der Waals surface area contributed by atoms with Crippen LogP contribution in [0.5, 0.6) is 0 Å². The maximum Gasteiger partial charge on any atom is 0.418 e. The number of alkyl halides is 3. The van der Waals surface area contributed by atoms with Crippen LogP contribution in [0, 0.1) is 6.92 Å². The highest BCUT2D eigenvalue weighted by molar-refractivity contribution is 6.44. The van der Waals surface area contributed by atoms with Crippen molar-refractivity contribution in [2.24, 2.45) is 0 Å². The molecule has 0 spiro atoms. The molecule has 0 unspecified atom stereocenters. The molecule has 10 heteroatoms. The zero-order chi connectivity index (χ0) is 21.3. The van der Waals surface area contributed by atoms with Crippen molar-refractivity contribution in [3.63, 3.8) is 0 Å². The van der Waals surface area contributed by atoms with Crippen LogP contribution < -0.4 is 5.56 Å². The van der Waals surface area contributed by atoms with Crippen molar-refractivity contribution >= 4 is 35.2 Å². The highest BCUT2D eigenvalue weighted by Crippen LogP contribution is 2.30. The molecule has 1 aromatic heterocycles. The fourth-order valence-corrected chi connectivity index (χ4v) is 3.46. The second kappa shape index (κ2) is 8.20. The third-order valence-electron chi connectivity index (χ3n) is 4.63. The summed E-state index contributed by atoms with van der Waals surface area (Å²) in [7, 11) is 0. The Labute approximate surface area is 174 Å². The molecule has 1 aliphatic rings. The van der Waals surface area contributed by atoms with Gasteiger partial charge in [-0.3, -0.25) is 9.59 Å². The summed E-state index contributed by atoms with van der Waals surface area (Å²) in [6.07, 6.45) is -0.880. The highest BCUT2D eigenvalue weighted by Gasteiger charge is 2.34. The van der Waals surface area contributed by atoms with Gasteiger partial charge in [0.05, 0.1) is 17.4 Å². The number of benzene rings is 1. The van der Waals surface area contributed by atoms with E-state index in [0.29, 0.717) is 24.8 Å². The van der Waals surface area contributed by atoms with Crippen LogP contribution in [0.1, 0.15) is 29.5 Å². The third kappa shape index (κ3) is 4.48. The van der Waals surface area contributed by atoms with Crippen LogP contribution in [-0.2, 0) is 11.0 Å². The van der Waals surface area contributed by atoms with Crippen molar-refractivity contribution in [1.82, 2.24) is 14.7 Å². The van der Waals surface area contributed by atoms with Crippen LogP contribution in [0.2, 0.25) is 5.02 Å². The molecule has 1 saturated heterocycles. The summed E-state index contributed by atoms with van der Waals surface area (Å²) in [5, 5.41) is 3.85. The Bertz CT molecular complexity index is 1040. The van der Waals surface area contributed by atoms with E-state index >= 15 is 0 Å². The molecule has 2 heterocycles. The number of carbonyl (C=O) groups excluding carboxylic acids is 1. The number of hydrogen-bond donors (Lipinski definition) is 0. The summed E-state index contributed by atoms with van der Waals surface area (Å²) >= 11 is 12.3. The van der Waals surface area contributed by atoms with Crippen LogP contribution in [0.3, 0.4) is 0 Å². The monoisotopic (exact) mass is 445 g/mol. The van der Waals surface area contributed by atoms with Crippen molar-refractivity contribution in [2.75, 3.05) is 13.1 Å². The van der Waals surface area contributed by atoms with Crippen LogP contribution in [-0.4, -0.2) is 33.7 Å².